The third-order valence-electron chi connectivity index (χ3n) is 20.1. The number of furan rings is 1. The summed E-state index contributed by atoms with van der Waals surface area (Å²) in [5.74, 6) is 2.87. The van der Waals surface area contributed by atoms with Crippen molar-refractivity contribution >= 4 is 39.0 Å². The Morgan fingerprint density at radius 1 is 0.355 bits per heavy atom. The maximum absolute atomic E-state index is 6.41. The second kappa shape index (κ2) is 15.5. The normalized spacial score (nSPS) is 22.1. The summed E-state index contributed by atoms with van der Waals surface area (Å²) in [6.07, 6.45) is 6.71. The van der Waals surface area contributed by atoms with Gasteiger partial charge in [-0.2, -0.15) is 0 Å². The first kappa shape index (κ1) is 43.1. The molecule has 4 bridgehead atoms. The minimum Gasteiger partial charge on any atom is -0.456 e. The zero-order valence-corrected chi connectivity index (χ0v) is 43.1. The summed E-state index contributed by atoms with van der Waals surface area (Å²) in [4.78, 5) is 2.60. The van der Waals surface area contributed by atoms with E-state index in [0.29, 0.717) is 11.8 Å². The lowest BCUT2D eigenvalue weighted by atomic mass is 9.38. The van der Waals surface area contributed by atoms with Crippen LogP contribution in [0.2, 0.25) is 0 Å². The van der Waals surface area contributed by atoms with Gasteiger partial charge in [-0.1, -0.05) is 190 Å². The van der Waals surface area contributed by atoms with Crippen LogP contribution in [0.25, 0.3) is 66.4 Å². The average Bonchev–Trinajstić information content (AvgIpc) is 2.80. The smallest absolute Gasteiger partial charge is 0.136 e. The predicted molar refractivity (Wildman–Crippen MR) is 312 cm³/mol. The maximum atomic E-state index is 6.41. The van der Waals surface area contributed by atoms with Gasteiger partial charge in [-0.3, -0.25) is 0 Å². The Labute approximate surface area is 445 Å². The molecular formula is C74H57NO. The average molecular weight is 976 g/mol. The molecule has 10 aromatic carbocycles. The maximum Gasteiger partial charge on any atom is 0.136 e. The van der Waals surface area contributed by atoms with Crippen molar-refractivity contribution in [1.82, 2.24) is 0 Å². The number of rotatable bonds is 5. The van der Waals surface area contributed by atoms with Gasteiger partial charge in [-0.15, -0.1) is 0 Å². The number of para-hydroxylation sites is 1. The Morgan fingerprint density at radius 2 is 0.842 bits per heavy atom. The molecule has 364 valence electrons. The highest BCUT2D eigenvalue weighted by Crippen LogP contribution is 2.72. The SMILES string of the molecule is CC1(C)c2ccccc2-c2ccc(N(c3ccc(-c4ccccc4-c4cccc5oc6ccccc6c45)cc3)c3ccc4c(c3)C3(c5ccccc5C45c4ccccc4-c4ccccc45)C4CC5CC(C4)CC3C5)cc21. The van der Waals surface area contributed by atoms with Crippen LogP contribution in [0.4, 0.5) is 17.1 Å². The minimum atomic E-state index is -0.437. The van der Waals surface area contributed by atoms with Crippen LogP contribution in [0.5, 0.6) is 0 Å². The van der Waals surface area contributed by atoms with Crippen molar-refractivity contribution in [3.8, 4) is 44.5 Å². The second-order valence-corrected chi connectivity index (χ2v) is 23.9. The van der Waals surface area contributed by atoms with E-state index in [0.717, 1.165) is 39.5 Å². The highest BCUT2D eigenvalue weighted by Gasteiger charge is 2.64. The van der Waals surface area contributed by atoms with Gasteiger partial charge in [0.25, 0.3) is 0 Å². The molecule has 18 rings (SSSR count). The van der Waals surface area contributed by atoms with Gasteiger partial charge in [0.15, 0.2) is 0 Å². The van der Waals surface area contributed by atoms with E-state index in [4.69, 9.17) is 4.42 Å². The number of hydrogen-bond acceptors (Lipinski definition) is 2. The number of benzene rings is 10. The van der Waals surface area contributed by atoms with Gasteiger partial charge in [0, 0.05) is 38.7 Å². The molecule has 2 heteroatoms. The van der Waals surface area contributed by atoms with Gasteiger partial charge in [0.2, 0.25) is 0 Å². The van der Waals surface area contributed by atoms with Crippen molar-refractivity contribution in [3.63, 3.8) is 0 Å². The largest absolute Gasteiger partial charge is 0.456 e. The zero-order valence-electron chi connectivity index (χ0n) is 43.1. The standard InChI is InChI=1S/C74H57NO/c1-72(2)61-23-9-5-18-55(61)58-36-34-51(43-67(58)72)75(50-32-30-47(31-33-50)53-16-3-4-17-54(53)59-22-15-29-70-71(59)60-21-8-14-28-69(60)76-70)52-35-37-66-68(44-52)73(48-39-45-38-46(41-48)42-49(73)40-45)64-26-12-13-27-65(64)74(66)62-24-10-6-19-56(62)57-20-7-11-25-63(57)74/h3-37,43-46,48-49H,38-42H2,1-2H3. The van der Waals surface area contributed by atoms with E-state index >= 15 is 0 Å². The lowest BCUT2D eigenvalue weighted by molar-refractivity contribution is -0.0440. The summed E-state index contributed by atoms with van der Waals surface area (Å²) in [6.45, 7) is 4.82. The predicted octanol–water partition coefficient (Wildman–Crippen LogP) is 19.1. The molecule has 11 aromatic rings. The molecule has 2 spiro atoms. The molecule has 1 aromatic heterocycles. The van der Waals surface area contributed by atoms with Gasteiger partial charge in [-0.25, -0.2) is 0 Å². The molecule has 0 N–H and O–H groups in total. The van der Waals surface area contributed by atoms with Crippen molar-refractivity contribution in [2.24, 2.45) is 23.7 Å². The molecule has 0 saturated heterocycles. The van der Waals surface area contributed by atoms with Crippen molar-refractivity contribution in [1.29, 1.82) is 0 Å². The van der Waals surface area contributed by atoms with Gasteiger partial charge >= 0.3 is 0 Å². The molecule has 1 heterocycles. The Morgan fingerprint density at radius 3 is 1.54 bits per heavy atom. The first-order valence-electron chi connectivity index (χ1n) is 28.0. The molecule has 0 unspecified atom stereocenters. The number of nitrogens with zero attached hydrogens (tertiary/aromatic N) is 1. The third kappa shape index (κ3) is 5.52. The summed E-state index contributed by atoms with van der Waals surface area (Å²) in [5, 5.41) is 2.30. The first-order valence-corrected chi connectivity index (χ1v) is 28.0. The van der Waals surface area contributed by atoms with Crippen molar-refractivity contribution in [2.45, 2.75) is 62.2 Å². The van der Waals surface area contributed by atoms with E-state index in [9.17, 15) is 0 Å². The summed E-state index contributed by atoms with van der Waals surface area (Å²) in [7, 11) is 0. The molecule has 4 fully saturated rings. The van der Waals surface area contributed by atoms with Crippen molar-refractivity contribution in [2.75, 3.05) is 4.90 Å². The molecule has 0 amide bonds. The fourth-order valence-corrected chi connectivity index (χ4v) is 17.5. The van der Waals surface area contributed by atoms with E-state index in [1.807, 2.05) is 0 Å². The molecule has 4 saturated carbocycles. The van der Waals surface area contributed by atoms with Gasteiger partial charge in [-0.05, 0) is 193 Å². The first-order chi connectivity index (χ1) is 37.4. The fraction of sp³-hybridized carbons (Fsp3) is 0.189. The van der Waals surface area contributed by atoms with Crippen LogP contribution in [0.3, 0.4) is 0 Å². The van der Waals surface area contributed by atoms with Crippen LogP contribution in [0, 0.1) is 23.7 Å². The summed E-state index contributed by atoms with van der Waals surface area (Å²) >= 11 is 0. The van der Waals surface area contributed by atoms with E-state index in [-0.39, 0.29) is 10.8 Å². The Balaban J connectivity index is 0.897. The van der Waals surface area contributed by atoms with E-state index in [1.54, 1.807) is 11.1 Å². The van der Waals surface area contributed by atoms with Crippen molar-refractivity contribution in [3.05, 3.63) is 269 Å². The molecule has 0 atom stereocenters. The van der Waals surface area contributed by atoms with Crippen LogP contribution < -0.4 is 4.90 Å². The molecule has 2 nitrogen and oxygen atoms in total. The van der Waals surface area contributed by atoms with E-state index in [1.165, 1.54) is 121 Å². The van der Waals surface area contributed by atoms with Crippen LogP contribution in [-0.4, -0.2) is 0 Å². The van der Waals surface area contributed by atoms with Crippen LogP contribution in [-0.2, 0) is 16.2 Å². The van der Waals surface area contributed by atoms with Crippen LogP contribution in [0.1, 0.15) is 90.5 Å². The highest BCUT2D eigenvalue weighted by atomic mass is 16.3. The summed E-state index contributed by atoms with van der Waals surface area (Å²) in [5.41, 5.74) is 26.7. The minimum absolute atomic E-state index is 0.0862. The van der Waals surface area contributed by atoms with E-state index in [2.05, 4.69) is 243 Å². The van der Waals surface area contributed by atoms with Gasteiger partial charge < -0.3 is 9.32 Å². The zero-order chi connectivity index (χ0) is 50.1. The van der Waals surface area contributed by atoms with Gasteiger partial charge in [0.1, 0.15) is 11.2 Å². The van der Waals surface area contributed by atoms with Crippen molar-refractivity contribution < 1.29 is 4.42 Å². The Hall–Kier alpha value is -8.20. The number of anilines is 3. The molecular weight excluding hydrogens is 919 g/mol. The third-order valence-corrected chi connectivity index (χ3v) is 20.1. The van der Waals surface area contributed by atoms with E-state index < -0.39 is 5.41 Å². The molecule has 0 radical (unpaired) electrons. The molecule has 7 aliphatic rings. The Kier molecular flexibility index (Phi) is 8.76. The topological polar surface area (TPSA) is 16.4 Å². The van der Waals surface area contributed by atoms with Crippen LogP contribution >= 0.6 is 0 Å². The molecule has 7 aliphatic carbocycles. The van der Waals surface area contributed by atoms with Crippen LogP contribution in [0.15, 0.2) is 229 Å². The monoisotopic (exact) mass is 975 g/mol. The summed E-state index contributed by atoms with van der Waals surface area (Å²) in [6, 6.07) is 86.0. The quantitative estimate of drug-likeness (QED) is 0.171. The lowest BCUT2D eigenvalue weighted by Gasteiger charge is -2.65. The fourth-order valence-electron chi connectivity index (χ4n) is 17.5. The highest BCUT2D eigenvalue weighted by molar-refractivity contribution is 6.13. The number of fused-ring (bicyclic) bond motifs is 15. The van der Waals surface area contributed by atoms with Gasteiger partial charge in [0.05, 0.1) is 5.41 Å². The molecule has 0 aliphatic heterocycles. The lowest BCUT2D eigenvalue weighted by Crippen LogP contribution is -2.59. The Bertz CT molecular complexity index is 4170. The number of hydrogen-bond donors (Lipinski definition) is 0. The second-order valence-electron chi connectivity index (χ2n) is 23.9. The molecule has 76 heavy (non-hydrogen) atoms. The summed E-state index contributed by atoms with van der Waals surface area (Å²) < 4.78 is 6.41.